The number of thiophene rings is 1. The molecule has 2 aromatic heterocycles. The molecule has 0 radical (unpaired) electrons. The molecule has 1 aromatic carbocycles. The Kier molecular flexibility index (Phi) is 5.81. The van der Waals surface area contributed by atoms with Gasteiger partial charge in [-0.05, 0) is 30.5 Å². The van der Waals surface area contributed by atoms with Crippen LogP contribution in [-0.2, 0) is 11.3 Å². The molecular weight excluding hydrogens is 398 g/mol. The van der Waals surface area contributed by atoms with Crippen molar-refractivity contribution >= 4 is 33.4 Å². The van der Waals surface area contributed by atoms with E-state index in [0.29, 0.717) is 38.3 Å². The number of benzene rings is 1. The largest absolute Gasteiger partial charge is 0.496 e. The SMILES string of the molecule is CCC(=O)N1CCN(C(=O)c2cc3ccsc3n2Cc2ccccc2OC)C[C@H]1C. The molecule has 4 rings (SSSR count). The number of piperazine rings is 1. The summed E-state index contributed by atoms with van der Waals surface area (Å²) < 4.78 is 7.61. The third kappa shape index (κ3) is 3.69. The molecule has 1 saturated heterocycles. The summed E-state index contributed by atoms with van der Waals surface area (Å²) in [5.74, 6) is 0.980. The van der Waals surface area contributed by atoms with Crippen LogP contribution in [0.3, 0.4) is 0 Å². The van der Waals surface area contributed by atoms with Gasteiger partial charge in [0, 0.05) is 43.0 Å². The summed E-state index contributed by atoms with van der Waals surface area (Å²) >= 11 is 1.64. The summed E-state index contributed by atoms with van der Waals surface area (Å²) in [6, 6.07) is 12.0. The van der Waals surface area contributed by atoms with E-state index in [-0.39, 0.29) is 17.9 Å². The van der Waals surface area contributed by atoms with E-state index in [1.54, 1.807) is 18.4 Å². The Hall–Kier alpha value is -2.80. The zero-order valence-corrected chi connectivity index (χ0v) is 18.4. The van der Waals surface area contributed by atoms with Crippen LogP contribution in [0, 0.1) is 0 Å². The Morgan fingerprint density at radius 1 is 1.20 bits per heavy atom. The molecule has 2 amide bonds. The summed E-state index contributed by atoms with van der Waals surface area (Å²) in [7, 11) is 1.67. The monoisotopic (exact) mass is 425 g/mol. The molecule has 0 saturated carbocycles. The second-order valence-electron chi connectivity index (χ2n) is 7.65. The molecule has 6 nitrogen and oxygen atoms in total. The van der Waals surface area contributed by atoms with Crippen LogP contribution in [0.2, 0.25) is 0 Å². The fraction of sp³-hybridized carbons (Fsp3) is 0.391. The average molecular weight is 426 g/mol. The van der Waals surface area contributed by atoms with Gasteiger partial charge in [-0.25, -0.2) is 0 Å². The number of ether oxygens (including phenoxy) is 1. The molecule has 1 atom stereocenters. The lowest BCUT2D eigenvalue weighted by molar-refractivity contribution is -0.134. The van der Waals surface area contributed by atoms with Crippen LogP contribution in [-0.4, -0.2) is 59.0 Å². The maximum atomic E-state index is 13.5. The molecule has 0 aliphatic carbocycles. The van der Waals surface area contributed by atoms with Crippen molar-refractivity contribution in [1.82, 2.24) is 14.4 Å². The number of fused-ring (bicyclic) bond motifs is 1. The van der Waals surface area contributed by atoms with Gasteiger partial charge in [0.05, 0.1) is 13.7 Å². The number of nitrogens with zero attached hydrogens (tertiary/aromatic N) is 3. The normalized spacial score (nSPS) is 16.8. The molecule has 1 aliphatic heterocycles. The zero-order valence-electron chi connectivity index (χ0n) is 17.6. The lowest BCUT2D eigenvalue weighted by atomic mass is 10.1. The Morgan fingerprint density at radius 2 is 2.00 bits per heavy atom. The van der Waals surface area contributed by atoms with Gasteiger partial charge in [0.15, 0.2) is 0 Å². The van der Waals surface area contributed by atoms with Crippen LogP contribution in [0.15, 0.2) is 41.8 Å². The molecule has 0 unspecified atom stereocenters. The van der Waals surface area contributed by atoms with Crippen LogP contribution in [0.1, 0.15) is 36.3 Å². The minimum absolute atomic E-state index is 0.0174. The van der Waals surface area contributed by atoms with Crippen LogP contribution in [0.5, 0.6) is 5.75 Å². The first-order chi connectivity index (χ1) is 14.5. The summed E-state index contributed by atoms with van der Waals surface area (Å²) in [5, 5.41) is 3.13. The van der Waals surface area contributed by atoms with Crippen LogP contribution in [0.25, 0.3) is 10.2 Å². The molecule has 158 valence electrons. The van der Waals surface area contributed by atoms with Crippen molar-refractivity contribution in [3.8, 4) is 5.75 Å². The molecule has 1 aliphatic rings. The number of hydrogen-bond donors (Lipinski definition) is 0. The fourth-order valence-corrected chi connectivity index (χ4v) is 5.09. The first-order valence-electron chi connectivity index (χ1n) is 10.3. The van der Waals surface area contributed by atoms with E-state index in [0.717, 1.165) is 21.5 Å². The Labute approximate surface area is 180 Å². The predicted molar refractivity (Wildman–Crippen MR) is 119 cm³/mol. The van der Waals surface area contributed by atoms with E-state index < -0.39 is 0 Å². The van der Waals surface area contributed by atoms with E-state index in [2.05, 4.69) is 16.0 Å². The van der Waals surface area contributed by atoms with Gasteiger partial charge >= 0.3 is 0 Å². The number of carbonyl (C=O) groups excluding carboxylic acids is 2. The topological polar surface area (TPSA) is 54.8 Å². The summed E-state index contributed by atoms with van der Waals surface area (Å²) in [6.45, 7) is 6.16. The highest BCUT2D eigenvalue weighted by molar-refractivity contribution is 7.16. The molecule has 3 aromatic rings. The van der Waals surface area contributed by atoms with Crippen LogP contribution >= 0.6 is 11.3 Å². The van der Waals surface area contributed by atoms with Crippen LogP contribution < -0.4 is 4.74 Å². The molecule has 1 fully saturated rings. The van der Waals surface area contributed by atoms with Crippen molar-refractivity contribution in [2.45, 2.75) is 32.9 Å². The van der Waals surface area contributed by atoms with Gasteiger partial charge in [-0.3, -0.25) is 9.59 Å². The van der Waals surface area contributed by atoms with E-state index in [4.69, 9.17) is 4.74 Å². The van der Waals surface area contributed by atoms with Crippen molar-refractivity contribution in [2.75, 3.05) is 26.7 Å². The first-order valence-corrected chi connectivity index (χ1v) is 11.2. The zero-order chi connectivity index (χ0) is 21.3. The second kappa shape index (κ2) is 8.52. The van der Waals surface area contributed by atoms with Crippen molar-refractivity contribution in [2.24, 2.45) is 0 Å². The first kappa shape index (κ1) is 20.5. The highest BCUT2D eigenvalue weighted by Gasteiger charge is 2.31. The third-order valence-electron chi connectivity index (χ3n) is 5.78. The lowest BCUT2D eigenvalue weighted by Gasteiger charge is -2.40. The second-order valence-corrected chi connectivity index (χ2v) is 8.54. The van der Waals surface area contributed by atoms with E-state index in [1.165, 1.54) is 0 Å². The lowest BCUT2D eigenvalue weighted by Crippen LogP contribution is -2.55. The number of aromatic nitrogens is 1. The Bertz CT molecular complexity index is 1070. The van der Waals surface area contributed by atoms with Gasteiger partial charge in [0.1, 0.15) is 16.3 Å². The molecule has 0 bridgehead atoms. The molecule has 0 spiro atoms. The molecule has 3 heterocycles. The number of carbonyl (C=O) groups is 2. The smallest absolute Gasteiger partial charge is 0.270 e. The predicted octanol–water partition coefficient (Wildman–Crippen LogP) is 3.84. The quantitative estimate of drug-likeness (QED) is 0.624. The number of amides is 2. The van der Waals surface area contributed by atoms with Crippen LogP contribution in [0.4, 0.5) is 0 Å². The summed E-state index contributed by atoms with van der Waals surface area (Å²) in [5.41, 5.74) is 1.72. The third-order valence-corrected chi connectivity index (χ3v) is 6.73. The van der Waals surface area contributed by atoms with Gasteiger partial charge in [0.2, 0.25) is 5.91 Å². The molecule has 30 heavy (non-hydrogen) atoms. The number of hydrogen-bond acceptors (Lipinski definition) is 4. The Balaban J connectivity index is 1.63. The van der Waals surface area contributed by atoms with Crippen molar-refractivity contribution in [3.05, 3.63) is 53.0 Å². The van der Waals surface area contributed by atoms with Crippen molar-refractivity contribution in [1.29, 1.82) is 0 Å². The van der Waals surface area contributed by atoms with Gasteiger partial charge in [-0.15, -0.1) is 11.3 Å². The minimum atomic E-state index is 0.0174. The van der Waals surface area contributed by atoms with Crippen molar-refractivity contribution in [3.63, 3.8) is 0 Å². The van der Waals surface area contributed by atoms with Gasteiger partial charge in [-0.2, -0.15) is 0 Å². The molecular formula is C23H27N3O3S. The molecule has 7 heteroatoms. The number of methoxy groups -OCH3 is 1. The maximum absolute atomic E-state index is 13.5. The van der Waals surface area contributed by atoms with Crippen molar-refractivity contribution < 1.29 is 14.3 Å². The highest BCUT2D eigenvalue weighted by atomic mass is 32.1. The number of rotatable bonds is 5. The average Bonchev–Trinajstić information content (AvgIpc) is 3.35. The van der Waals surface area contributed by atoms with Gasteiger partial charge in [0.25, 0.3) is 5.91 Å². The standard InChI is InChI=1S/C23H27N3O3S/c1-4-21(27)25-11-10-24(14-16(25)2)22(28)19-13-17-9-12-30-23(17)26(19)15-18-7-5-6-8-20(18)29-3/h5-9,12-13,16H,4,10-11,14-15H2,1-3H3/t16-/m1/s1. The molecule has 0 N–H and O–H groups in total. The van der Waals surface area contributed by atoms with E-state index >= 15 is 0 Å². The van der Waals surface area contributed by atoms with E-state index in [1.807, 2.05) is 54.0 Å². The maximum Gasteiger partial charge on any atom is 0.270 e. The van der Waals surface area contributed by atoms with E-state index in [9.17, 15) is 9.59 Å². The fourth-order valence-electron chi connectivity index (χ4n) is 4.19. The highest BCUT2D eigenvalue weighted by Crippen LogP contribution is 2.29. The minimum Gasteiger partial charge on any atom is -0.496 e. The van der Waals surface area contributed by atoms with Gasteiger partial charge in [-0.1, -0.05) is 25.1 Å². The number of para-hydroxylation sites is 1. The summed E-state index contributed by atoms with van der Waals surface area (Å²) in [4.78, 5) is 30.5. The van der Waals surface area contributed by atoms with Gasteiger partial charge < -0.3 is 19.1 Å². The summed E-state index contributed by atoms with van der Waals surface area (Å²) in [6.07, 6.45) is 0.496. The Morgan fingerprint density at radius 3 is 2.73 bits per heavy atom.